The van der Waals surface area contributed by atoms with Crippen LogP contribution in [0.15, 0.2) is 70.1 Å². The van der Waals surface area contributed by atoms with E-state index >= 15 is 0 Å². The Morgan fingerprint density at radius 2 is 1.90 bits per heavy atom. The Labute approximate surface area is 163 Å². The predicted molar refractivity (Wildman–Crippen MR) is 100 cm³/mol. The lowest BCUT2D eigenvalue weighted by molar-refractivity contribution is 0.104. The number of hydrogen-bond donors (Lipinski definition) is 0. The van der Waals surface area contributed by atoms with Gasteiger partial charge in [-0.05, 0) is 35.5 Å². The number of nitrogens with zero attached hydrogens (tertiary/aromatic N) is 7. The second-order valence-electron chi connectivity index (χ2n) is 6.75. The molecule has 3 aliphatic rings. The molecule has 0 bridgehead atoms. The fourth-order valence-corrected chi connectivity index (χ4v) is 3.75. The fourth-order valence-electron chi connectivity index (χ4n) is 3.75. The topological polar surface area (TPSA) is 64.2 Å². The molecular weight excluding hydrogens is 380 g/mol. The van der Waals surface area contributed by atoms with Gasteiger partial charge in [0.2, 0.25) is 0 Å². The maximum atomic E-state index is 14.1. The first-order chi connectivity index (χ1) is 14.2. The first-order valence-corrected chi connectivity index (χ1v) is 8.91. The quantitative estimate of drug-likeness (QED) is 0.618. The van der Waals surface area contributed by atoms with Crippen molar-refractivity contribution in [2.75, 3.05) is 16.6 Å². The van der Waals surface area contributed by atoms with E-state index in [-0.39, 0.29) is 30.5 Å². The van der Waals surface area contributed by atoms with Crippen LogP contribution in [0.3, 0.4) is 0 Å². The molecule has 0 radical (unpaired) electrons. The highest BCUT2D eigenvalue weighted by molar-refractivity contribution is 5.80. The molecule has 29 heavy (non-hydrogen) atoms. The largest absolute Gasteiger partial charge is 0.332 e. The van der Waals surface area contributed by atoms with Gasteiger partial charge in [0, 0.05) is 11.1 Å². The van der Waals surface area contributed by atoms with Crippen LogP contribution in [0.25, 0.3) is 11.5 Å². The number of fused-ring (bicyclic) bond motifs is 6. The van der Waals surface area contributed by atoms with Crippen LogP contribution in [0.4, 0.5) is 20.5 Å². The lowest BCUT2D eigenvalue weighted by Gasteiger charge is -2.41. The smallest absolute Gasteiger partial charge is 0.291 e. The Balaban J connectivity index is 1.40. The molecule has 4 heterocycles. The van der Waals surface area contributed by atoms with E-state index in [0.29, 0.717) is 16.5 Å². The summed E-state index contributed by atoms with van der Waals surface area (Å²) in [5, 5.41) is 8.08. The summed E-state index contributed by atoms with van der Waals surface area (Å²) >= 11 is 0. The molecule has 0 saturated carbocycles. The zero-order valence-electron chi connectivity index (χ0n) is 14.9. The van der Waals surface area contributed by atoms with Crippen molar-refractivity contribution in [1.29, 1.82) is 0 Å². The number of para-hydroxylation sites is 1. The van der Waals surface area contributed by atoms with Crippen LogP contribution in [0, 0.1) is 5.82 Å². The van der Waals surface area contributed by atoms with Crippen molar-refractivity contribution in [2.45, 2.75) is 6.17 Å². The maximum Gasteiger partial charge on any atom is 0.291 e. The van der Waals surface area contributed by atoms with Gasteiger partial charge in [0.1, 0.15) is 18.8 Å². The minimum atomic E-state index is -0.368. The van der Waals surface area contributed by atoms with Gasteiger partial charge in [0.05, 0.1) is 11.9 Å². The minimum Gasteiger partial charge on any atom is -0.332 e. The molecule has 0 saturated heterocycles. The highest BCUT2D eigenvalue weighted by Gasteiger charge is 2.45. The summed E-state index contributed by atoms with van der Waals surface area (Å²) in [7, 11) is 0. The van der Waals surface area contributed by atoms with Gasteiger partial charge in [-0.3, -0.25) is 0 Å². The number of hydrogen-bond acceptors (Lipinski definition) is 8. The van der Waals surface area contributed by atoms with E-state index in [2.05, 4.69) is 15.1 Å². The summed E-state index contributed by atoms with van der Waals surface area (Å²) in [6.45, 7) is 0.0798. The molecule has 3 aromatic rings. The van der Waals surface area contributed by atoms with Crippen molar-refractivity contribution in [3.63, 3.8) is 0 Å². The van der Waals surface area contributed by atoms with Gasteiger partial charge >= 0.3 is 0 Å². The first-order valence-electron chi connectivity index (χ1n) is 8.91. The van der Waals surface area contributed by atoms with Crippen molar-refractivity contribution < 1.29 is 13.4 Å². The minimum absolute atomic E-state index is 0.0798. The van der Waals surface area contributed by atoms with E-state index in [1.165, 1.54) is 18.3 Å². The lowest BCUT2D eigenvalue weighted by atomic mass is 10.1. The van der Waals surface area contributed by atoms with Crippen LogP contribution < -0.4 is 9.91 Å². The Morgan fingerprint density at radius 1 is 1.07 bits per heavy atom. The number of benzene rings is 2. The molecule has 0 aliphatic carbocycles. The molecular formula is C19H13F2N7O. The number of anilines is 2. The summed E-state index contributed by atoms with van der Waals surface area (Å²) < 4.78 is 32.6. The zero-order valence-corrected chi connectivity index (χ0v) is 14.9. The molecule has 8 nitrogen and oxygen atoms in total. The summed E-state index contributed by atoms with van der Waals surface area (Å²) in [4.78, 5) is 10.9. The van der Waals surface area contributed by atoms with Gasteiger partial charge in [-0.2, -0.15) is 10.1 Å². The Kier molecular flexibility index (Phi) is 3.19. The van der Waals surface area contributed by atoms with Gasteiger partial charge < -0.3 is 9.42 Å². The summed E-state index contributed by atoms with van der Waals surface area (Å²) in [6.07, 6.45) is 2.63. The third-order valence-corrected chi connectivity index (χ3v) is 5.04. The van der Waals surface area contributed by atoms with E-state index in [1.807, 2.05) is 29.2 Å². The van der Waals surface area contributed by atoms with E-state index < -0.39 is 0 Å². The van der Waals surface area contributed by atoms with Gasteiger partial charge in [-0.15, -0.1) is 0 Å². The monoisotopic (exact) mass is 393 g/mol. The molecule has 0 spiro atoms. The average molecular weight is 393 g/mol. The van der Waals surface area contributed by atoms with Crippen LogP contribution in [-0.4, -0.2) is 33.3 Å². The molecule has 0 N–H and O–H groups in total. The number of aromatic nitrogens is 2. The van der Waals surface area contributed by atoms with E-state index in [0.717, 1.165) is 11.3 Å². The summed E-state index contributed by atoms with van der Waals surface area (Å²) in [5.41, 5.74) is 2.44. The molecule has 0 amide bonds. The fraction of sp³-hybridized carbons (Fsp3) is 0.105. The molecule has 3 aliphatic heterocycles. The number of hydrazine groups is 1. The van der Waals surface area contributed by atoms with Crippen LogP contribution in [0.2, 0.25) is 0 Å². The molecule has 6 rings (SSSR count). The molecule has 0 fully saturated rings. The standard InChI is InChI=1S/C19H13F2N7O/c20-13-7-5-12(6-8-13)18-23-19(24-29-18)27-10-22-17-14-3-1-2-4-15(14)26-11-25(21)9-16(26)28(17)27/h1-10,17H,11H2. The van der Waals surface area contributed by atoms with Crippen LogP contribution in [-0.2, 0) is 0 Å². The average Bonchev–Trinajstić information content (AvgIpc) is 3.45. The second-order valence-corrected chi connectivity index (χ2v) is 6.75. The van der Waals surface area contributed by atoms with E-state index in [1.54, 1.807) is 28.5 Å². The van der Waals surface area contributed by atoms with E-state index in [9.17, 15) is 8.87 Å². The highest BCUT2D eigenvalue weighted by Crippen LogP contribution is 2.46. The van der Waals surface area contributed by atoms with Crippen molar-refractivity contribution in [3.05, 3.63) is 71.9 Å². The van der Waals surface area contributed by atoms with Crippen molar-refractivity contribution >= 4 is 18.0 Å². The molecule has 1 unspecified atom stereocenters. The van der Waals surface area contributed by atoms with Gasteiger partial charge in [-0.25, -0.2) is 19.4 Å². The van der Waals surface area contributed by atoms with Crippen LogP contribution in [0.5, 0.6) is 0 Å². The Hall–Kier alpha value is -3.95. The zero-order chi connectivity index (χ0) is 19.5. The van der Waals surface area contributed by atoms with Crippen molar-refractivity contribution in [2.24, 2.45) is 4.99 Å². The number of halogens is 2. The molecule has 1 atom stereocenters. The van der Waals surface area contributed by atoms with Crippen molar-refractivity contribution in [1.82, 2.24) is 20.3 Å². The van der Waals surface area contributed by atoms with Gasteiger partial charge in [0.15, 0.2) is 12.0 Å². The normalized spacial score (nSPS) is 19.4. The summed E-state index contributed by atoms with van der Waals surface area (Å²) in [6, 6.07) is 13.5. The maximum absolute atomic E-state index is 14.1. The lowest BCUT2D eigenvalue weighted by Crippen LogP contribution is -2.47. The Bertz CT molecular complexity index is 1160. The van der Waals surface area contributed by atoms with Crippen LogP contribution in [0.1, 0.15) is 11.7 Å². The molecule has 2 aromatic carbocycles. The second kappa shape index (κ2) is 5.77. The molecule has 10 heteroatoms. The first kappa shape index (κ1) is 16.0. The van der Waals surface area contributed by atoms with Crippen molar-refractivity contribution in [3.8, 4) is 11.5 Å². The third-order valence-electron chi connectivity index (χ3n) is 5.04. The third kappa shape index (κ3) is 2.32. The molecule has 144 valence electrons. The van der Waals surface area contributed by atoms with Gasteiger partial charge in [-0.1, -0.05) is 22.7 Å². The van der Waals surface area contributed by atoms with Crippen LogP contribution >= 0.6 is 0 Å². The number of rotatable bonds is 2. The predicted octanol–water partition coefficient (Wildman–Crippen LogP) is 3.42. The SMILES string of the molecule is Fc1ccc(-c2nc(N3C=NC4c5ccccc5N5CN(F)C=C5N43)no2)cc1. The highest BCUT2D eigenvalue weighted by atomic mass is 19.2. The van der Waals surface area contributed by atoms with E-state index in [4.69, 9.17) is 4.52 Å². The number of aliphatic imine (C=N–C) groups is 1. The summed E-state index contributed by atoms with van der Waals surface area (Å²) in [5.74, 6) is 0.757. The Morgan fingerprint density at radius 3 is 2.76 bits per heavy atom. The van der Waals surface area contributed by atoms with Gasteiger partial charge in [0.25, 0.3) is 11.8 Å². The molecule has 1 aromatic heterocycles.